The van der Waals surface area contributed by atoms with Crippen molar-refractivity contribution >= 4 is 17.7 Å². The highest BCUT2D eigenvalue weighted by Gasteiger charge is 2.19. The number of aryl methyl sites for hydroxylation is 1. The zero-order valence-corrected chi connectivity index (χ0v) is 16.8. The summed E-state index contributed by atoms with van der Waals surface area (Å²) in [5, 5.41) is 9.57. The molecule has 0 spiro atoms. The topological polar surface area (TPSA) is 70.2 Å². The highest BCUT2D eigenvalue weighted by molar-refractivity contribution is 7.98. The van der Waals surface area contributed by atoms with Crippen molar-refractivity contribution in [2.24, 2.45) is 0 Å². The van der Waals surface area contributed by atoms with Crippen LogP contribution in [-0.2, 0) is 10.5 Å². The highest BCUT2D eigenvalue weighted by Crippen LogP contribution is 2.30. The number of esters is 1. The Bertz CT molecular complexity index is 1120. The number of thioether (sulfide) groups is 1. The minimum absolute atomic E-state index is 0.234. The number of hydrogen-bond acceptors (Lipinski definition) is 6. The first-order valence-electron chi connectivity index (χ1n) is 9.04. The molecule has 2 aromatic heterocycles. The Balaban J connectivity index is 1.66. The van der Waals surface area contributed by atoms with Crippen LogP contribution in [0.5, 0.6) is 0 Å². The van der Waals surface area contributed by atoms with Gasteiger partial charge in [-0.2, -0.15) is 0 Å². The lowest BCUT2D eigenvalue weighted by Crippen LogP contribution is -2.00. The van der Waals surface area contributed by atoms with Crippen molar-refractivity contribution < 1.29 is 13.9 Å². The molecule has 0 aliphatic rings. The Morgan fingerprint density at radius 3 is 2.45 bits per heavy atom. The average Bonchev–Trinajstić information content (AvgIpc) is 3.36. The van der Waals surface area contributed by atoms with Crippen LogP contribution in [0.3, 0.4) is 0 Å². The highest BCUT2D eigenvalue weighted by atomic mass is 32.2. The van der Waals surface area contributed by atoms with Gasteiger partial charge in [-0.1, -0.05) is 60.3 Å². The minimum Gasteiger partial charge on any atom is -0.463 e. The lowest BCUT2D eigenvalue weighted by atomic mass is 10.2. The van der Waals surface area contributed by atoms with E-state index >= 15 is 0 Å². The van der Waals surface area contributed by atoms with Crippen molar-refractivity contribution in [3.05, 3.63) is 83.8 Å². The van der Waals surface area contributed by atoms with Crippen molar-refractivity contribution in [2.75, 3.05) is 7.11 Å². The van der Waals surface area contributed by atoms with Crippen molar-refractivity contribution in [3.63, 3.8) is 0 Å². The van der Waals surface area contributed by atoms with E-state index in [0.717, 1.165) is 27.8 Å². The van der Waals surface area contributed by atoms with Gasteiger partial charge in [-0.05, 0) is 25.1 Å². The third kappa shape index (κ3) is 3.95. The summed E-state index contributed by atoms with van der Waals surface area (Å²) in [5.41, 5.74) is 2.71. The number of methoxy groups -OCH3 is 1. The number of nitrogens with zero attached hydrogens (tertiary/aromatic N) is 3. The second-order valence-electron chi connectivity index (χ2n) is 6.35. The molecule has 0 radical (unpaired) electrons. The number of carbonyl (C=O) groups is 1. The molecule has 0 atom stereocenters. The van der Waals surface area contributed by atoms with Gasteiger partial charge in [0, 0.05) is 16.8 Å². The number of benzene rings is 2. The molecule has 0 fully saturated rings. The molecule has 2 heterocycles. The summed E-state index contributed by atoms with van der Waals surface area (Å²) in [6.45, 7) is 1.82. The van der Waals surface area contributed by atoms with Gasteiger partial charge in [0.1, 0.15) is 5.76 Å². The summed E-state index contributed by atoms with van der Waals surface area (Å²) in [6, 6.07) is 21.8. The SMILES string of the molecule is COC(=O)c1oc(CSc2nnc(-c3ccccc3)n2-c2ccccc2)cc1C. The van der Waals surface area contributed by atoms with Gasteiger partial charge in [0.05, 0.1) is 12.9 Å². The molecule has 29 heavy (non-hydrogen) atoms. The zero-order chi connectivity index (χ0) is 20.2. The van der Waals surface area contributed by atoms with E-state index in [1.54, 1.807) is 0 Å². The summed E-state index contributed by atoms with van der Waals surface area (Å²) >= 11 is 1.50. The first-order valence-corrected chi connectivity index (χ1v) is 10.0. The van der Waals surface area contributed by atoms with Gasteiger partial charge >= 0.3 is 5.97 Å². The molecule has 0 bridgehead atoms. The average molecular weight is 405 g/mol. The normalized spacial score (nSPS) is 10.8. The van der Waals surface area contributed by atoms with E-state index in [1.807, 2.05) is 78.2 Å². The van der Waals surface area contributed by atoms with E-state index in [4.69, 9.17) is 9.15 Å². The number of hydrogen-bond donors (Lipinski definition) is 0. The maximum atomic E-state index is 11.8. The lowest BCUT2D eigenvalue weighted by molar-refractivity contribution is 0.0562. The smallest absolute Gasteiger partial charge is 0.374 e. The maximum absolute atomic E-state index is 11.8. The van der Waals surface area contributed by atoms with E-state index in [2.05, 4.69) is 10.2 Å². The van der Waals surface area contributed by atoms with Crippen molar-refractivity contribution in [1.82, 2.24) is 14.8 Å². The molecule has 0 amide bonds. The molecule has 6 nitrogen and oxygen atoms in total. The number of aromatic nitrogens is 3. The molecule has 2 aromatic carbocycles. The molecule has 4 rings (SSSR count). The van der Waals surface area contributed by atoms with Gasteiger partial charge in [0.2, 0.25) is 5.76 Å². The molecule has 0 unspecified atom stereocenters. The zero-order valence-electron chi connectivity index (χ0n) is 16.0. The van der Waals surface area contributed by atoms with Crippen LogP contribution in [0.15, 0.2) is 76.3 Å². The lowest BCUT2D eigenvalue weighted by Gasteiger charge is -2.10. The number of carbonyl (C=O) groups excluding carboxylic acids is 1. The fourth-order valence-corrected chi connectivity index (χ4v) is 3.83. The summed E-state index contributed by atoms with van der Waals surface area (Å²) in [6.07, 6.45) is 0. The van der Waals surface area contributed by atoms with Crippen LogP contribution in [-0.4, -0.2) is 27.8 Å². The number of rotatable bonds is 6. The Labute approximate surface area is 172 Å². The first kappa shape index (κ1) is 19.0. The molecule has 0 saturated heterocycles. The quantitative estimate of drug-likeness (QED) is 0.335. The standard InChI is InChI=1S/C22H19N3O3S/c1-15-13-18(28-19(15)21(26)27-2)14-29-22-24-23-20(16-9-5-3-6-10-16)25(22)17-11-7-4-8-12-17/h3-13H,14H2,1-2H3. The van der Waals surface area contributed by atoms with Crippen LogP contribution in [0.25, 0.3) is 17.1 Å². The number of para-hydroxylation sites is 1. The summed E-state index contributed by atoms with van der Waals surface area (Å²) in [7, 11) is 1.34. The summed E-state index contributed by atoms with van der Waals surface area (Å²) in [4.78, 5) is 11.8. The predicted octanol–water partition coefficient (Wildman–Crippen LogP) is 4.91. The van der Waals surface area contributed by atoms with Crippen LogP contribution in [0, 0.1) is 6.92 Å². The van der Waals surface area contributed by atoms with Gasteiger partial charge in [-0.15, -0.1) is 10.2 Å². The van der Waals surface area contributed by atoms with E-state index in [1.165, 1.54) is 18.9 Å². The predicted molar refractivity (Wildman–Crippen MR) is 111 cm³/mol. The number of furan rings is 1. The third-order valence-electron chi connectivity index (χ3n) is 4.36. The fraction of sp³-hybridized carbons (Fsp3) is 0.136. The van der Waals surface area contributed by atoms with Gasteiger partial charge in [0.25, 0.3) is 0 Å². The van der Waals surface area contributed by atoms with Crippen molar-refractivity contribution in [3.8, 4) is 17.1 Å². The molecule has 0 aliphatic heterocycles. The molecule has 0 saturated carbocycles. The van der Waals surface area contributed by atoms with Gasteiger partial charge in [-0.25, -0.2) is 4.79 Å². The largest absolute Gasteiger partial charge is 0.463 e. The molecule has 0 aliphatic carbocycles. The molecule has 146 valence electrons. The fourth-order valence-electron chi connectivity index (χ4n) is 3.00. The second-order valence-corrected chi connectivity index (χ2v) is 7.29. The van der Waals surface area contributed by atoms with E-state index < -0.39 is 5.97 Å². The van der Waals surface area contributed by atoms with Crippen molar-refractivity contribution in [2.45, 2.75) is 17.8 Å². The van der Waals surface area contributed by atoms with Crippen LogP contribution < -0.4 is 0 Å². The van der Waals surface area contributed by atoms with Crippen LogP contribution in [0.4, 0.5) is 0 Å². The molecule has 7 heteroatoms. The first-order chi connectivity index (χ1) is 14.2. The Morgan fingerprint density at radius 1 is 1.07 bits per heavy atom. The Hall–Kier alpha value is -3.32. The van der Waals surface area contributed by atoms with Gasteiger partial charge < -0.3 is 9.15 Å². The third-order valence-corrected chi connectivity index (χ3v) is 5.31. The van der Waals surface area contributed by atoms with Crippen LogP contribution in [0.2, 0.25) is 0 Å². The monoisotopic (exact) mass is 405 g/mol. The Kier molecular flexibility index (Phi) is 5.48. The maximum Gasteiger partial charge on any atom is 0.374 e. The number of ether oxygens (including phenoxy) is 1. The van der Waals surface area contributed by atoms with Gasteiger partial charge in [-0.3, -0.25) is 4.57 Å². The molecular formula is C22H19N3O3S. The van der Waals surface area contributed by atoms with E-state index in [0.29, 0.717) is 11.5 Å². The molecule has 0 N–H and O–H groups in total. The van der Waals surface area contributed by atoms with E-state index in [9.17, 15) is 4.79 Å². The van der Waals surface area contributed by atoms with Crippen molar-refractivity contribution in [1.29, 1.82) is 0 Å². The second kappa shape index (κ2) is 8.36. The van der Waals surface area contributed by atoms with Crippen LogP contribution in [0.1, 0.15) is 21.9 Å². The minimum atomic E-state index is -0.474. The van der Waals surface area contributed by atoms with Crippen LogP contribution >= 0.6 is 11.8 Å². The van der Waals surface area contributed by atoms with E-state index in [-0.39, 0.29) is 5.76 Å². The summed E-state index contributed by atoms with van der Waals surface area (Å²) < 4.78 is 12.5. The molecular weight excluding hydrogens is 386 g/mol. The molecule has 4 aromatic rings. The summed E-state index contributed by atoms with van der Waals surface area (Å²) in [5.74, 6) is 1.72. The van der Waals surface area contributed by atoms with Gasteiger partial charge in [0.15, 0.2) is 11.0 Å². The Morgan fingerprint density at radius 2 is 1.76 bits per heavy atom.